The third-order valence-electron chi connectivity index (χ3n) is 4.03. The van der Waals surface area contributed by atoms with E-state index in [1.807, 2.05) is 30.3 Å². The molecule has 0 unspecified atom stereocenters. The Morgan fingerprint density at radius 3 is 2.63 bits per heavy atom. The predicted octanol–water partition coefficient (Wildman–Crippen LogP) is 5.29. The number of nitrogens with zero attached hydrogens (tertiary/aromatic N) is 1. The Bertz CT molecular complexity index is 1110. The van der Waals surface area contributed by atoms with E-state index in [9.17, 15) is 14.9 Å². The van der Waals surface area contributed by atoms with Gasteiger partial charge >= 0.3 is 5.97 Å². The zero-order chi connectivity index (χ0) is 21.7. The van der Waals surface area contributed by atoms with Gasteiger partial charge in [0.1, 0.15) is 34.1 Å². The Balaban J connectivity index is 1.69. The molecule has 3 rings (SSSR count). The molecule has 1 N–H and O–H groups in total. The molecule has 7 nitrogen and oxygen atoms in total. The molecule has 0 saturated carbocycles. The number of halogens is 1. The monoisotopic (exact) mass is 488 g/mol. The Kier molecular flexibility index (Phi) is 6.92. The topological polar surface area (TPSA) is 102 Å². The number of benzene rings is 1. The molecule has 3 aromatic rings. The van der Waals surface area contributed by atoms with E-state index in [-0.39, 0.29) is 34.4 Å². The number of hydrogen-bond donors (Lipinski definition) is 1. The van der Waals surface area contributed by atoms with Crippen molar-refractivity contribution in [2.75, 3.05) is 11.9 Å². The van der Waals surface area contributed by atoms with Gasteiger partial charge in [-0.1, -0.05) is 15.9 Å². The van der Waals surface area contributed by atoms with Crippen molar-refractivity contribution in [1.82, 2.24) is 0 Å². The summed E-state index contributed by atoms with van der Waals surface area (Å²) >= 11 is 4.35. The van der Waals surface area contributed by atoms with Crippen LogP contribution in [0.2, 0.25) is 0 Å². The van der Waals surface area contributed by atoms with Crippen LogP contribution in [0.3, 0.4) is 0 Å². The molecule has 0 atom stereocenters. The van der Waals surface area contributed by atoms with Gasteiger partial charge in [-0.2, -0.15) is 5.26 Å². The summed E-state index contributed by atoms with van der Waals surface area (Å²) in [5.41, 5.74) is 0.695. The number of thiophene rings is 1. The van der Waals surface area contributed by atoms with Gasteiger partial charge in [0.15, 0.2) is 5.76 Å². The highest BCUT2D eigenvalue weighted by molar-refractivity contribution is 9.10. The molecular formula is C21H17BrN2O5S. The molecule has 1 amide bonds. The first kappa shape index (κ1) is 21.6. The van der Waals surface area contributed by atoms with Gasteiger partial charge in [0, 0.05) is 4.47 Å². The third kappa shape index (κ3) is 4.90. The van der Waals surface area contributed by atoms with E-state index in [1.54, 1.807) is 19.9 Å². The summed E-state index contributed by atoms with van der Waals surface area (Å²) in [6.07, 6.45) is 0. The van der Waals surface area contributed by atoms with Crippen molar-refractivity contribution in [2.45, 2.75) is 20.5 Å². The largest absolute Gasteiger partial charge is 0.486 e. The molecule has 1 aromatic carbocycles. The minimum Gasteiger partial charge on any atom is -0.486 e. The lowest BCUT2D eigenvalue weighted by molar-refractivity contribution is 0.0531. The van der Waals surface area contributed by atoms with Crippen molar-refractivity contribution >= 4 is 44.1 Å². The summed E-state index contributed by atoms with van der Waals surface area (Å²) in [6.45, 7) is 3.71. The molecule has 0 saturated heterocycles. The van der Waals surface area contributed by atoms with Crippen LogP contribution in [0.1, 0.15) is 44.0 Å². The van der Waals surface area contributed by atoms with Gasteiger partial charge in [-0.05, 0) is 55.8 Å². The van der Waals surface area contributed by atoms with Gasteiger partial charge in [-0.25, -0.2) is 4.79 Å². The number of rotatable bonds is 7. The fourth-order valence-corrected chi connectivity index (χ4v) is 3.87. The molecule has 30 heavy (non-hydrogen) atoms. The fourth-order valence-electron chi connectivity index (χ4n) is 2.56. The summed E-state index contributed by atoms with van der Waals surface area (Å²) in [6, 6.07) is 12.5. The second kappa shape index (κ2) is 9.61. The van der Waals surface area contributed by atoms with Crippen molar-refractivity contribution in [3.05, 3.63) is 68.4 Å². The minimum absolute atomic E-state index is 0.0667. The van der Waals surface area contributed by atoms with Crippen LogP contribution >= 0.6 is 27.3 Å². The Morgan fingerprint density at radius 1 is 1.23 bits per heavy atom. The average Bonchev–Trinajstić information content (AvgIpc) is 3.32. The van der Waals surface area contributed by atoms with Gasteiger partial charge < -0.3 is 19.2 Å². The molecule has 2 aromatic heterocycles. The maximum Gasteiger partial charge on any atom is 0.348 e. The number of esters is 1. The molecule has 0 spiro atoms. The van der Waals surface area contributed by atoms with Crippen LogP contribution in [0.15, 0.2) is 45.3 Å². The van der Waals surface area contributed by atoms with E-state index in [4.69, 9.17) is 13.9 Å². The van der Waals surface area contributed by atoms with Crippen LogP contribution in [0.4, 0.5) is 5.00 Å². The molecule has 0 aliphatic rings. The number of nitriles is 1. The molecule has 154 valence electrons. The smallest absolute Gasteiger partial charge is 0.348 e. The highest BCUT2D eigenvalue weighted by Crippen LogP contribution is 2.33. The summed E-state index contributed by atoms with van der Waals surface area (Å²) < 4.78 is 17.1. The van der Waals surface area contributed by atoms with E-state index in [0.717, 1.165) is 15.8 Å². The zero-order valence-electron chi connectivity index (χ0n) is 16.2. The number of ether oxygens (including phenoxy) is 2. The first-order valence-electron chi connectivity index (χ1n) is 8.92. The molecule has 0 radical (unpaired) electrons. The van der Waals surface area contributed by atoms with Crippen LogP contribution in [0, 0.1) is 18.3 Å². The standard InChI is InChI=1S/C21H17BrN2O5S/c1-3-27-21(26)18-12(2)16(10-23)20(30-18)24-19(25)17-9-8-15(29-17)11-28-14-6-4-13(22)5-7-14/h4-9H,3,11H2,1-2H3,(H,24,25). The molecule has 0 aliphatic heterocycles. The normalized spacial score (nSPS) is 10.3. The number of amides is 1. The number of furan rings is 1. The lowest BCUT2D eigenvalue weighted by Crippen LogP contribution is -2.10. The number of carbonyl (C=O) groups is 2. The van der Waals surface area contributed by atoms with Crippen molar-refractivity contribution in [2.24, 2.45) is 0 Å². The summed E-state index contributed by atoms with van der Waals surface area (Å²) in [5.74, 6) is 0.149. The number of anilines is 1. The molecule has 0 aliphatic carbocycles. The zero-order valence-corrected chi connectivity index (χ0v) is 18.6. The first-order chi connectivity index (χ1) is 14.4. The van der Waals surface area contributed by atoms with E-state index in [1.165, 1.54) is 6.07 Å². The molecule has 2 heterocycles. The number of nitrogens with one attached hydrogen (secondary N) is 1. The van der Waals surface area contributed by atoms with Crippen LogP contribution < -0.4 is 10.1 Å². The lowest BCUT2D eigenvalue weighted by atomic mass is 10.2. The minimum atomic E-state index is -0.530. The van der Waals surface area contributed by atoms with Crippen molar-refractivity contribution in [3.8, 4) is 11.8 Å². The maximum absolute atomic E-state index is 12.6. The number of carbonyl (C=O) groups excluding carboxylic acids is 2. The van der Waals surface area contributed by atoms with Crippen molar-refractivity contribution in [3.63, 3.8) is 0 Å². The Labute approximate surface area is 185 Å². The van der Waals surface area contributed by atoms with E-state index < -0.39 is 11.9 Å². The van der Waals surface area contributed by atoms with Gasteiger partial charge in [0.05, 0.1) is 12.2 Å². The van der Waals surface area contributed by atoms with Gasteiger partial charge in [-0.15, -0.1) is 11.3 Å². The van der Waals surface area contributed by atoms with Crippen LogP contribution in [0.25, 0.3) is 0 Å². The fraction of sp³-hybridized carbons (Fsp3) is 0.190. The van der Waals surface area contributed by atoms with Crippen molar-refractivity contribution < 1.29 is 23.5 Å². The van der Waals surface area contributed by atoms with Crippen LogP contribution in [-0.2, 0) is 11.3 Å². The lowest BCUT2D eigenvalue weighted by Gasteiger charge is -2.04. The van der Waals surface area contributed by atoms with Crippen molar-refractivity contribution in [1.29, 1.82) is 5.26 Å². The summed E-state index contributed by atoms with van der Waals surface area (Å²) in [5, 5.41) is 12.3. The summed E-state index contributed by atoms with van der Waals surface area (Å²) in [4.78, 5) is 24.9. The van der Waals surface area contributed by atoms with Crippen LogP contribution in [0.5, 0.6) is 5.75 Å². The average molecular weight is 489 g/mol. The number of hydrogen-bond acceptors (Lipinski definition) is 7. The molecule has 9 heteroatoms. The molecule has 0 fully saturated rings. The van der Waals surface area contributed by atoms with Crippen LogP contribution in [-0.4, -0.2) is 18.5 Å². The maximum atomic E-state index is 12.6. The molecular weight excluding hydrogens is 472 g/mol. The van der Waals surface area contributed by atoms with Gasteiger partial charge in [0.25, 0.3) is 5.91 Å². The second-order valence-electron chi connectivity index (χ2n) is 6.06. The Hall–Kier alpha value is -3.09. The highest BCUT2D eigenvalue weighted by Gasteiger charge is 2.23. The van der Waals surface area contributed by atoms with E-state index >= 15 is 0 Å². The van der Waals surface area contributed by atoms with Gasteiger partial charge in [0.2, 0.25) is 0 Å². The second-order valence-corrected chi connectivity index (χ2v) is 7.99. The van der Waals surface area contributed by atoms with Gasteiger partial charge in [-0.3, -0.25) is 4.79 Å². The van der Waals surface area contributed by atoms with E-state index in [2.05, 4.69) is 21.2 Å². The quantitative estimate of drug-likeness (QED) is 0.453. The molecule has 0 bridgehead atoms. The SMILES string of the molecule is CCOC(=O)c1sc(NC(=O)c2ccc(COc3ccc(Br)cc3)o2)c(C#N)c1C. The summed E-state index contributed by atoms with van der Waals surface area (Å²) in [7, 11) is 0. The predicted molar refractivity (Wildman–Crippen MR) is 115 cm³/mol. The highest BCUT2D eigenvalue weighted by atomic mass is 79.9. The Morgan fingerprint density at radius 2 is 1.97 bits per heavy atom. The van der Waals surface area contributed by atoms with E-state index in [0.29, 0.717) is 17.1 Å². The third-order valence-corrected chi connectivity index (χ3v) is 5.74. The first-order valence-corrected chi connectivity index (χ1v) is 10.5.